The Kier molecular flexibility index (Phi) is 3.96. The Morgan fingerprint density at radius 2 is 1.86 bits per heavy atom. The molecule has 2 aromatic rings. The number of fused-ring (bicyclic) bond motifs is 1. The first-order valence-electron chi connectivity index (χ1n) is 6.77. The van der Waals surface area contributed by atoms with E-state index in [4.69, 9.17) is 0 Å². The van der Waals surface area contributed by atoms with Crippen LogP contribution in [0.25, 0.3) is 10.8 Å². The molecule has 0 saturated carbocycles. The van der Waals surface area contributed by atoms with Crippen molar-refractivity contribution in [3.8, 4) is 0 Å². The van der Waals surface area contributed by atoms with Crippen molar-refractivity contribution in [2.45, 2.75) is 22.2 Å². The van der Waals surface area contributed by atoms with E-state index in [1.807, 2.05) is 24.3 Å². The van der Waals surface area contributed by atoms with Gasteiger partial charge in [-0.05, 0) is 29.3 Å². The number of halogens is 1. The van der Waals surface area contributed by atoms with Gasteiger partial charge >= 0.3 is 5.97 Å². The molecular weight excluding hydrogens is 370 g/mol. The van der Waals surface area contributed by atoms with Gasteiger partial charge in [-0.1, -0.05) is 46.3 Å². The van der Waals surface area contributed by atoms with Crippen LogP contribution in [0.3, 0.4) is 0 Å². The summed E-state index contributed by atoms with van der Waals surface area (Å²) in [5.41, 5.74) is 0. The molecule has 1 heterocycles. The van der Waals surface area contributed by atoms with Gasteiger partial charge in [0.2, 0.25) is 10.0 Å². The second kappa shape index (κ2) is 5.64. The van der Waals surface area contributed by atoms with Gasteiger partial charge in [-0.2, -0.15) is 4.31 Å². The maximum absolute atomic E-state index is 12.8. The number of alkyl halides is 1. The van der Waals surface area contributed by atoms with Gasteiger partial charge < -0.3 is 5.11 Å². The van der Waals surface area contributed by atoms with E-state index in [9.17, 15) is 18.3 Å². The minimum absolute atomic E-state index is 0.124. The third kappa shape index (κ3) is 2.64. The summed E-state index contributed by atoms with van der Waals surface area (Å²) < 4.78 is 26.6. The van der Waals surface area contributed by atoms with Gasteiger partial charge in [0.05, 0.1) is 4.90 Å². The lowest BCUT2D eigenvalue weighted by atomic mass is 10.1. The van der Waals surface area contributed by atoms with Crippen LogP contribution in [0.1, 0.15) is 6.42 Å². The van der Waals surface area contributed by atoms with Crippen LogP contribution in [0.4, 0.5) is 0 Å². The number of aliphatic carboxylic acids is 1. The van der Waals surface area contributed by atoms with Gasteiger partial charge in [0, 0.05) is 11.4 Å². The zero-order valence-electron chi connectivity index (χ0n) is 11.5. The first kappa shape index (κ1) is 15.5. The van der Waals surface area contributed by atoms with E-state index in [1.54, 1.807) is 12.1 Å². The number of benzene rings is 2. The molecule has 1 fully saturated rings. The summed E-state index contributed by atoms with van der Waals surface area (Å²) in [5, 5.41) is 11.0. The minimum Gasteiger partial charge on any atom is -0.480 e. The van der Waals surface area contributed by atoms with E-state index < -0.39 is 22.0 Å². The highest BCUT2D eigenvalue weighted by molar-refractivity contribution is 9.09. The first-order valence-corrected chi connectivity index (χ1v) is 9.12. The Morgan fingerprint density at radius 3 is 2.55 bits per heavy atom. The van der Waals surface area contributed by atoms with Crippen molar-refractivity contribution in [3.05, 3.63) is 42.5 Å². The summed E-state index contributed by atoms with van der Waals surface area (Å²) in [5.74, 6) is -1.12. The number of rotatable bonds is 3. The minimum atomic E-state index is -3.83. The Labute approximate surface area is 136 Å². The number of nitrogens with zero attached hydrogens (tertiary/aromatic N) is 1. The Balaban J connectivity index is 2.05. The van der Waals surface area contributed by atoms with Crippen LogP contribution in [0.5, 0.6) is 0 Å². The monoisotopic (exact) mass is 383 g/mol. The quantitative estimate of drug-likeness (QED) is 0.825. The van der Waals surface area contributed by atoms with Gasteiger partial charge in [-0.25, -0.2) is 8.42 Å². The molecule has 0 bridgehead atoms. The largest absolute Gasteiger partial charge is 0.480 e. The summed E-state index contributed by atoms with van der Waals surface area (Å²) >= 11 is 3.32. The van der Waals surface area contributed by atoms with Crippen molar-refractivity contribution in [1.82, 2.24) is 4.31 Å². The normalized spacial score (nSPS) is 23.0. The third-order valence-electron chi connectivity index (χ3n) is 3.82. The van der Waals surface area contributed by atoms with Crippen molar-refractivity contribution < 1.29 is 18.3 Å². The van der Waals surface area contributed by atoms with Crippen LogP contribution in [-0.2, 0) is 14.8 Å². The molecule has 0 spiro atoms. The van der Waals surface area contributed by atoms with Crippen LogP contribution in [0.15, 0.2) is 47.4 Å². The molecule has 7 heteroatoms. The number of sulfonamides is 1. The molecule has 0 aromatic heterocycles. The summed E-state index contributed by atoms with van der Waals surface area (Å²) in [6, 6.07) is 11.3. The number of carbonyl (C=O) groups is 1. The van der Waals surface area contributed by atoms with E-state index >= 15 is 0 Å². The zero-order valence-corrected chi connectivity index (χ0v) is 13.9. The summed E-state index contributed by atoms with van der Waals surface area (Å²) in [6.07, 6.45) is 0.266. The average Bonchev–Trinajstić information content (AvgIpc) is 2.90. The lowest BCUT2D eigenvalue weighted by molar-refractivity contribution is -0.140. The van der Waals surface area contributed by atoms with Crippen molar-refractivity contribution in [1.29, 1.82) is 0 Å². The second-order valence-corrected chi connectivity index (χ2v) is 8.46. The summed E-state index contributed by atoms with van der Waals surface area (Å²) in [6.45, 7) is 0.159. The zero-order chi connectivity index (χ0) is 15.9. The van der Waals surface area contributed by atoms with E-state index in [0.29, 0.717) is 0 Å². The van der Waals surface area contributed by atoms with Crippen molar-refractivity contribution in [3.63, 3.8) is 0 Å². The molecule has 116 valence electrons. The van der Waals surface area contributed by atoms with Crippen LogP contribution in [0, 0.1) is 0 Å². The van der Waals surface area contributed by atoms with Gasteiger partial charge in [-0.15, -0.1) is 0 Å². The van der Waals surface area contributed by atoms with Gasteiger partial charge in [0.15, 0.2) is 0 Å². The molecule has 22 heavy (non-hydrogen) atoms. The maximum Gasteiger partial charge on any atom is 0.322 e. The molecule has 1 aliphatic rings. The predicted molar refractivity (Wildman–Crippen MR) is 86.6 cm³/mol. The highest BCUT2D eigenvalue weighted by Gasteiger charge is 2.43. The van der Waals surface area contributed by atoms with Crippen molar-refractivity contribution >= 4 is 42.7 Å². The lowest BCUT2D eigenvalue weighted by Gasteiger charge is -2.21. The van der Waals surface area contributed by atoms with Crippen LogP contribution >= 0.6 is 15.9 Å². The Morgan fingerprint density at radius 1 is 1.18 bits per heavy atom. The van der Waals surface area contributed by atoms with Gasteiger partial charge in [0.25, 0.3) is 0 Å². The first-order chi connectivity index (χ1) is 10.4. The molecule has 3 rings (SSSR count). The van der Waals surface area contributed by atoms with Gasteiger partial charge in [-0.3, -0.25) is 4.79 Å². The molecular formula is C15H14BrNO4S. The number of carboxylic acids is 1. The fourth-order valence-electron chi connectivity index (χ4n) is 2.71. The molecule has 2 aromatic carbocycles. The van der Waals surface area contributed by atoms with Crippen LogP contribution in [0.2, 0.25) is 0 Å². The Bertz CT molecular complexity index is 836. The molecule has 2 unspecified atom stereocenters. The van der Waals surface area contributed by atoms with E-state index in [1.165, 1.54) is 6.07 Å². The maximum atomic E-state index is 12.8. The number of hydrogen-bond acceptors (Lipinski definition) is 3. The van der Waals surface area contributed by atoms with E-state index in [-0.39, 0.29) is 22.7 Å². The molecule has 1 N–H and O–H groups in total. The highest BCUT2D eigenvalue weighted by atomic mass is 79.9. The molecule has 2 atom stereocenters. The van der Waals surface area contributed by atoms with Crippen LogP contribution < -0.4 is 0 Å². The SMILES string of the molecule is O=C(O)C1CC(Br)CN1S(=O)(=O)c1ccc2ccccc2c1. The number of carboxylic acid groups (broad SMARTS) is 1. The second-order valence-electron chi connectivity index (χ2n) is 5.27. The third-order valence-corrected chi connectivity index (χ3v) is 6.35. The average molecular weight is 384 g/mol. The lowest BCUT2D eigenvalue weighted by Crippen LogP contribution is -2.40. The van der Waals surface area contributed by atoms with E-state index in [2.05, 4.69) is 15.9 Å². The van der Waals surface area contributed by atoms with Gasteiger partial charge in [0.1, 0.15) is 6.04 Å². The molecule has 5 nitrogen and oxygen atoms in total. The topological polar surface area (TPSA) is 74.7 Å². The van der Waals surface area contributed by atoms with E-state index in [0.717, 1.165) is 15.1 Å². The van der Waals surface area contributed by atoms with Crippen molar-refractivity contribution in [2.75, 3.05) is 6.54 Å². The Hall–Kier alpha value is -1.44. The smallest absolute Gasteiger partial charge is 0.322 e. The number of hydrogen-bond donors (Lipinski definition) is 1. The highest BCUT2D eigenvalue weighted by Crippen LogP contribution is 2.31. The fourth-order valence-corrected chi connectivity index (χ4v) is 5.24. The molecule has 1 aliphatic heterocycles. The predicted octanol–water partition coefficient (Wildman–Crippen LogP) is 2.45. The molecule has 1 saturated heterocycles. The molecule has 0 aliphatic carbocycles. The molecule has 0 radical (unpaired) electrons. The molecule has 0 amide bonds. The summed E-state index contributed by atoms with van der Waals surface area (Å²) in [7, 11) is -3.83. The fraction of sp³-hybridized carbons (Fsp3) is 0.267. The standard InChI is InChI=1S/C15H14BrNO4S/c16-12-8-14(15(18)19)17(9-12)22(20,21)13-6-5-10-3-1-2-4-11(10)7-13/h1-7,12,14H,8-9H2,(H,18,19). The van der Waals surface area contributed by atoms with Crippen molar-refractivity contribution in [2.24, 2.45) is 0 Å². The summed E-state index contributed by atoms with van der Waals surface area (Å²) in [4.78, 5) is 11.3. The van der Waals surface area contributed by atoms with Crippen LogP contribution in [-0.4, -0.2) is 41.2 Å².